The van der Waals surface area contributed by atoms with Crippen LogP contribution < -0.4 is 5.32 Å². The highest BCUT2D eigenvalue weighted by Gasteiger charge is 2.28. The monoisotopic (exact) mass is 339 g/mol. The fourth-order valence-electron chi connectivity index (χ4n) is 3.65. The third kappa shape index (κ3) is 3.45. The second kappa shape index (κ2) is 6.98. The molecular weight excluding hydrogens is 314 g/mol. The molecule has 25 heavy (non-hydrogen) atoms. The SMILES string of the molecule is Cc1ccc2nc(CN[C@H](c3nccn3C)C3CCOCC3)cn2c1. The highest BCUT2D eigenvalue weighted by molar-refractivity contribution is 5.41. The summed E-state index contributed by atoms with van der Waals surface area (Å²) < 4.78 is 9.75. The largest absolute Gasteiger partial charge is 0.381 e. The molecule has 0 unspecified atom stereocenters. The van der Waals surface area contributed by atoms with Gasteiger partial charge in [0.25, 0.3) is 0 Å². The molecule has 6 nitrogen and oxygen atoms in total. The van der Waals surface area contributed by atoms with Gasteiger partial charge in [0.15, 0.2) is 0 Å². The number of ether oxygens (including phenoxy) is 1. The lowest BCUT2D eigenvalue weighted by molar-refractivity contribution is 0.0517. The van der Waals surface area contributed by atoms with E-state index in [2.05, 4.69) is 57.8 Å². The first-order valence-corrected chi connectivity index (χ1v) is 8.93. The Labute approximate surface area is 147 Å². The van der Waals surface area contributed by atoms with Crippen LogP contribution in [0.1, 0.15) is 36.0 Å². The first-order chi connectivity index (χ1) is 12.2. The normalized spacial score (nSPS) is 17.2. The van der Waals surface area contributed by atoms with Crippen LogP contribution in [-0.2, 0) is 18.3 Å². The molecule has 0 aromatic carbocycles. The van der Waals surface area contributed by atoms with Crippen molar-refractivity contribution in [2.45, 2.75) is 32.4 Å². The minimum Gasteiger partial charge on any atom is -0.381 e. The first-order valence-electron chi connectivity index (χ1n) is 8.93. The van der Waals surface area contributed by atoms with Gasteiger partial charge in [0.05, 0.1) is 11.7 Å². The second-order valence-corrected chi connectivity index (χ2v) is 6.91. The van der Waals surface area contributed by atoms with E-state index in [9.17, 15) is 0 Å². The lowest BCUT2D eigenvalue weighted by Crippen LogP contribution is -2.33. The number of fused-ring (bicyclic) bond motifs is 1. The number of nitrogens with zero attached hydrogens (tertiary/aromatic N) is 4. The van der Waals surface area contributed by atoms with E-state index in [-0.39, 0.29) is 6.04 Å². The molecule has 1 atom stereocenters. The quantitative estimate of drug-likeness (QED) is 0.776. The lowest BCUT2D eigenvalue weighted by atomic mass is 9.91. The zero-order valence-corrected chi connectivity index (χ0v) is 14.9. The zero-order valence-electron chi connectivity index (χ0n) is 14.9. The Bertz CT molecular complexity index is 846. The third-order valence-corrected chi connectivity index (χ3v) is 5.03. The van der Waals surface area contributed by atoms with Gasteiger partial charge in [-0.2, -0.15) is 0 Å². The van der Waals surface area contributed by atoms with E-state index >= 15 is 0 Å². The summed E-state index contributed by atoms with van der Waals surface area (Å²) in [6, 6.07) is 4.38. The molecule has 0 saturated carbocycles. The van der Waals surface area contributed by atoms with Gasteiger partial charge in [0.2, 0.25) is 0 Å². The molecule has 132 valence electrons. The summed E-state index contributed by atoms with van der Waals surface area (Å²) in [5.74, 6) is 1.63. The molecule has 1 fully saturated rings. The molecule has 0 bridgehead atoms. The fraction of sp³-hybridized carbons (Fsp3) is 0.474. The molecule has 1 saturated heterocycles. The maximum Gasteiger partial charge on any atom is 0.137 e. The van der Waals surface area contributed by atoms with E-state index in [0.29, 0.717) is 5.92 Å². The average molecular weight is 339 g/mol. The molecule has 3 aromatic heterocycles. The smallest absolute Gasteiger partial charge is 0.137 e. The van der Waals surface area contributed by atoms with Crippen molar-refractivity contribution >= 4 is 5.65 Å². The van der Waals surface area contributed by atoms with Crippen LogP contribution in [0.3, 0.4) is 0 Å². The van der Waals surface area contributed by atoms with Gasteiger partial charge in [0.1, 0.15) is 11.5 Å². The zero-order chi connectivity index (χ0) is 17.2. The Morgan fingerprint density at radius 1 is 1.28 bits per heavy atom. The van der Waals surface area contributed by atoms with E-state index in [1.165, 1.54) is 5.56 Å². The van der Waals surface area contributed by atoms with E-state index in [4.69, 9.17) is 9.72 Å². The van der Waals surface area contributed by atoms with Crippen LogP contribution in [0.2, 0.25) is 0 Å². The Morgan fingerprint density at radius 3 is 2.88 bits per heavy atom. The van der Waals surface area contributed by atoms with Crippen molar-refractivity contribution in [2.24, 2.45) is 13.0 Å². The van der Waals surface area contributed by atoms with Crippen molar-refractivity contribution in [3.05, 3.63) is 54.0 Å². The minimum atomic E-state index is 0.218. The lowest BCUT2D eigenvalue weighted by Gasteiger charge is -2.30. The number of hydrogen-bond donors (Lipinski definition) is 1. The molecular formula is C19H25N5O. The van der Waals surface area contributed by atoms with Crippen LogP contribution in [0.25, 0.3) is 5.65 Å². The van der Waals surface area contributed by atoms with Gasteiger partial charge < -0.3 is 19.0 Å². The van der Waals surface area contributed by atoms with Crippen molar-refractivity contribution in [3.8, 4) is 0 Å². The Hall–Kier alpha value is -2.18. The molecule has 0 spiro atoms. The van der Waals surface area contributed by atoms with E-state index in [0.717, 1.165) is 49.8 Å². The number of rotatable bonds is 5. The third-order valence-electron chi connectivity index (χ3n) is 5.03. The number of nitrogens with one attached hydrogen (secondary N) is 1. The van der Waals surface area contributed by atoms with E-state index in [1.54, 1.807) is 0 Å². The number of pyridine rings is 1. The molecule has 0 amide bonds. The van der Waals surface area contributed by atoms with Gasteiger partial charge in [-0.1, -0.05) is 6.07 Å². The van der Waals surface area contributed by atoms with Gasteiger partial charge in [-0.05, 0) is 37.3 Å². The van der Waals surface area contributed by atoms with Crippen molar-refractivity contribution in [3.63, 3.8) is 0 Å². The van der Waals surface area contributed by atoms with Gasteiger partial charge in [0, 0.05) is 51.6 Å². The fourth-order valence-corrected chi connectivity index (χ4v) is 3.65. The van der Waals surface area contributed by atoms with E-state index < -0.39 is 0 Å². The molecule has 6 heteroatoms. The van der Waals surface area contributed by atoms with Gasteiger partial charge in [-0.3, -0.25) is 0 Å². The summed E-state index contributed by atoms with van der Waals surface area (Å²) in [6.45, 7) is 4.50. The molecule has 1 aliphatic heterocycles. The van der Waals surface area contributed by atoms with Crippen LogP contribution in [0.5, 0.6) is 0 Å². The predicted molar refractivity (Wildman–Crippen MR) is 96.3 cm³/mol. The summed E-state index contributed by atoms with van der Waals surface area (Å²) in [5, 5.41) is 3.71. The highest BCUT2D eigenvalue weighted by atomic mass is 16.5. The molecule has 0 radical (unpaired) electrons. The number of aryl methyl sites for hydroxylation is 2. The van der Waals surface area contributed by atoms with Crippen LogP contribution in [0.15, 0.2) is 36.9 Å². The molecule has 3 aromatic rings. The minimum absolute atomic E-state index is 0.218. The maximum absolute atomic E-state index is 5.54. The second-order valence-electron chi connectivity index (χ2n) is 6.91. The van der Waals surface area contributed by atoms with Crippen molar-refractivity contribution < 1.29 is 4.74 Å². The molecule has 4 heterocycles. The molecule has 4 rings (SSSR count). The standard InChI is InChI=1S/C19H25N5O/c1-14-3-4-17-22-16(13-24(17)12-14)11-21-18(15-5-9-25-10-6-15)19-20-7-8-23(19)2/h3-4,7-8,12-13,15,18,21H,5-6,9-11H2,1-2H3/t18-/m0/s1. The molecule has 1 N–H and O–H groups in total. The number of hydrogen-bond acceptors (Lipinski definition) is 4. The Morgan fingerprint density at radius 2 is 2.12 bits per heavy atom. The molecule has 0 aliphatic carbocycles. The Balaban J connectivity index is 1.54. The van der Waals surface area contributed by atoms with Gasteiger partial charge in [-0.15, -0.1) is 0 Å². The van der Waals surface area contributed by atoms with Crippen molar-refractivity contribution in [1.82, 2.24) is 24.3 Å². The topological polar surface area (TPSA) is 56.4 Å². The van der Waals surface area contributed by atoms with E-state index in [1.807, 2.05) is 12.4 Å². The van der Waals surface area contributed by atoms with Crippen LogP contribution in [0, 0.1) is 12.8 Å². The summed E-state index contributed by atoms with van der Waals surface area (Å²) in [4.78, 5) is 9.32. The highest BCUT2D eigenvalue weighted by Crippen LogP contribution is 2.29. The Kier molecular flexibility index (Phi) is 4.55. The van der Waals surface area contributed by atoms with Crippen LogP contribution in [0.4, 0.5) is 0 Å². The van der Waals surface area contributed by atoms with Crippen molar-refractivity contribution in [2.75, 3.05) is 13.2 Å². The first kappa shape index (κ1) is 16.3. The van der Waals surface area contributed by atoms with Crippen molar-refractivity contribution in [1.29, 1.82) is 0 Å². The van der Waals surface area contributed by atoms with Crippen LogP contribution in [-0.4, -0.2) is 32.1 Å². The predicted octanol–water partition coefficient (Wildman–Crippen LogP) is 2.63. The number of aromatic nitrogens is 4. The summed E-state index contributed by atoms with van der Waals surface area (Å²) in [7, 11) is 2.06. The summed E-state index contributed by atoms with van der Waals surface area (Å²) in [6.07, 6.45) is 10.2. The maximum atomic E-state index is 5.54. The van der Waals surface area contributed by atoms with Gasteiger partial charge >= 0.3 is 0 Å². The average Bonchev–Trinajstić information content (AvgIpc) is 3.22. The molecule has 1 aliphatic rings. The van der Waals surface area contributed by atoms with Gasteiger partial charge in [-0.25, -0.2) is 9.97 Å². The summed E-state index contributed by atoms with van der Waals surface area (Å²) in [5.41, 5.74) is 3.27. The van der Waals surface area contributed by atoms with Crippen LogP contribution >= 0.6 is 0 Å². The summed E-state index contributed by atoms with van der Waals surface area (Å²) >= 11 is 0. The number of imidazole rings is 2.